The Morgan fingerprint density at radius 1 is 1.56 bits per heavy atom. The van der Waals surface area contributed by atoms with Gasteiger partial charge < -0.3 is 14.4 Å². The first-order valence-corrected chi connectivity index (χ1v) is 5.80. The van der Waals surface area contributed by atoms with E-state index < -0.39 is 5.97 Å². The fraction of sp³-hybridized carbons (Fsp3) is 0.182. The Labute approximate surface area is 111 Å². The van der Waals surface area contributed by atoms with Crippen LogP contribution in [-0.4, -0.2) is 21.2 Å². The maximum Gasteiger partial charge on any atom is 0.342 e. The highest BCUT2D eigenvalue weighted by Gasteiger charge is 2.14. The van der Waals surface area contributed by atoms with E-state index in [2.05, 4.69) is 26.1 Å². The summed E-state index contributed by atoms with van der Waals surface area (Å²) in [6.45, 7) is 1.53. The first kappa shape index (κ1) is 12.6. The largest absolute Gasteiger partial charge is 0.507 e. The van der Waals surface area contributed by atoms with Gasteiger partial charge in [0.05, 0.1) is 0 Å². The van der Waals surface area contributed by atoms with Crippen molar-refractivity contribution < 1.29 is 19.2 Å². The molecule has 2 rings (SSSR count). The van der Waals surface area contributed by atoms with Crippen molar-refractivity contribution in [2.75, 3.05) is 0 Å². The minimum Gasteiger partial charge on any atom is -0.507 e. The lowest BCUT2D eigenvalue weighted by Crippen LogP contribution is -2.05. The van der Waals surface area contributed by atoms with Gasteiger partial charge in [-0.3, -0.25) is 0 Å². The van der Waals surface area contributed by atoms with Crippen molar-refractivity contribution in [2.24, 2.45) is 0 Å². The number of carbonyl (C=O) groups excluding carboxylic acids is 1. The molecule has 1 N–H and O–H groups in total. The van der Waals surface area contributed by atoms with Crippen LogP contribution < -0.4 is 0 Å². The monoisotopic (exact) mass is 312 g/mol. The highest BCUT2D eigenvalue weighted by molar-refractivity contribution is 9.10. The fourth-order valence-electron chi connectivity index (χ4n) is 1.28. The molecule has 0 fully saturated rings. The number of rotatable bonds is 3. The third-order valence-corrected chi connectivity index (χ3v) is 2.57. The molecule has 94 valence electrons. The maximum atomic E-state index is 11.7. The Hall–Kier alpha value is -1.89. The molecular weight excluding hydrogens is 304 g/mol. The summed E-state index contributed by atoms with van der Waals surface area (Å²) in [6, 6.07) is 4.49. The molecule has 7 heteroatoms. The van der Waals surface area contributed by atoms with Gasteiger partial charge in [-0.25, -0.2) is 4.79 Å². The molecular formula is C11H9BrN2O4. The van der Waals surface area contributed by atoms with Gasteiger partial charge in [0.25, 0.3) is 5.89 Å². The molecule has 0 saturated carbocycles. The molecule has 0 amide bonds. The first-order valence-electron chi connectivity index (χ1n) is 5.01. The van der Waals surface area contributed by atoms with Gasteiger partial charge >= 0.3 is 5.97 Å². The number of hydrogen-bond acceptors (Lipinski definition) is 6. The van der Waals surface area contributed by atoms with Crippen molar-refractivity contribution in [2.45, 2.75) is 13.5 Å². The van der Waals surface area contributed by atoms with Crippen LogP contribution in [0.15, 0.2) is 27.2 Å². The molecule has 0 bridgehead atoms. The molecule has 0 unspecified atom stereocenters. The molecule has 0 radical (unpaired) electrons. The van der Waals surface area contributed by atoms with Gasteiger partial charge in [0.1, 0.15) is 11.3 Å². The number of esters is 1. The van der Waals surface area contributed by atoms with Crippen molar-refractivity contribution in [3.05, 3.63) is 40.0 Å². The number of nitrogens with zero attached hydrogens (tertiary/aromatic N) is 2. The second-order valence-corrected chi connectivity index (χ2v) is 4.39. The summed E-state index contributed by atoms with van der Waals surface area (Å²) in [7, 11) is 0. The Morgan fingerprint density at radius 2 is 2.33 bits per heavy atom. The van der Waals surface area contributed by atoms with E-state index in [1.807, 2.05) is 0 Å². The Balaban J connectivity index is 2.05. The number of hydrogen-bond donors (Lipinski definition) is 1. The standard InChI is InChI=1S/C11H9BrN2O4/c1-6-13-10(18-14-6)5-17-11(16)8-4-7(12)2-3-9(8)15/h2-4,15H,5H2,1H3. The SMILES string of the molecule is Cc1noc(COC(=O)c2cc(Br)ccc2O)n1. The van der Waals surface area contributed by atoms with Crippen LogP contribution in [0.2, 0.25) is 0 Å². The Bertz CT molecular complexity index is 582. The number of benzene rings is 1. The highest BCUT2D eigenvalue weighted by atomic mass is 79.9. The van der Waals surface area contributed by atoms with Crippen LogP contribution in [0.3, 0.4) is 0 Å². The quantitative estimate of drug-likeness (QED) is 0.874. The molecule has 1 heterocycles. The zero-order valence-corrected chi connectivity index (χ0v) is 11.0. The van der Waals surface area contributed by atoms with Gasteiger partial charge in [-0.1, -0.05) is 21.1 Å². The predicted octanol–water partition coefficient (Wildman–Crippen LogP) is 2.20. The summed E-state index contributed by atoms with van der Waals surface area (Å²) in [5.74, 6) is -0.142. The van der Waals surface area contributed by atoms with Gasteiger partial charge in [-0.15, -0.1) is 0 Å². The fourth-order valence-corrected chi connectivity index (χ4v) is 1.64. The van der Waals surface area contributed by atoms with Crippen LogP contribution in [0, 0.1) is 6.92 Å². The van der Waals surface area contributed by atoms with Gasteiger partial charge in [-0.2, -0.15) is 4.98 Å². The summed E-state index contributed by atoms with van der Waals surface area (Å²) in [6.07, 6.45) is 0. The van der Waals surface area contributed by atoms with E-state index in [4.69, 9.17) is 9.26 Å². The smallest absolute Gasteiger partial charge is 0.342 e. The van der Waals surface area contributed by atoms with E-state index in [0.717, 1.165) is 0 Å². The summed E-state index contributed by atoms with van der Waals surface area (Å²) >= 11 is 3.20. The summed E-state index contributed by atoms with van der Waals surface area (Å²) < 4.78 is 10.4. The van der Waals surface area contributed by atoms with Crippen molar-refractivity contribution in [3.8, 4) is 5.75 Å². The lowest BCUT2D eigenvalue weighted by atomic mass is 10.2. The number of aromatic hydroxyl groups is 1. The van der Waals surface area contributed by atoms with Crippen LogP contribution >= 0.6 is 15.9 Å². The molecule has 6 nitrogen and oxygen atoms in total. The zero-order chi connectivity index (χ0) is 13.1. The molecule has 18 heavy (non-hydrogen) atoms. The average molecular weight is 313 g/mol. The predicted molar refractivity (Wildman–Crippen MR) is 64.0 cm³/mol. The second kappa shape index (κ2) is 5.18. The number of halogens is 1. The summed E-state index contributed by atoms with van der Waals surface area (Å²) in [5.41, 5.74) is 0.0700. The van der Waals surface area contributed by atoms with Crippen molar-refractivity contribution in [1.29, 1.82) is 0 Å². The van der Waals surface area contributed by atoms with E-state index in [0.29, 0.717) is 10.3 Å². The van der Waals surface area contributed by atoms with Crippen molar-refractivity contribution >= 4 is 21.9 Å². The molecule has 2 aromatic rings. The minimum atomic E-state index is -0.662. The van der Waals surface area contributed by atoms with E-state index in [1.165, 1.54) is 12.1 Å². The van der Waals surface area contributed by atoms with E-state index in [9.17, 15) is 9.90 Å². The second-order valence-electron chi connectivity index (χ2n) is 3.47. The number of aromatic nitrogens is 2. The Morgan fingerprint density at radius 3 is 3.00 bits per heavy atom. The summed E-state index contributed by atoms with van der Waals surface area (Å²) in [5, 5.41) is 13.1. The van der Waals surface area contributed by atoms with Gasteiger partial charge in [0.2, 0.25) is 0 Å². The minimum absolute atomic E-state index is 0.0700. The molecule has 0 aliphatic heterocycles. The van der Waals surface area contributed by atoms with E-state index >= 15 is 0 Å². The lowest BCUT2D eigenvalue weighted by Gasteiger charge is -2.04. The molecule has 0 atom stereocenters. The van der Waals surface area contributed by atoms with Gasteiger partial charge in [0.15, 0.2) is 12.4 Å². The van der Waals surface area contributed by atoms with E-state index in [-0.39, 0.29) is 23.8 Å². The number of aryl methyl sites for hydroxylation is 1. The third kappa shape index (κ3) is 2.86. The average Bonchev–Trinajstić information content (AvgIpc) is 2.75. The highest BCUT2D eigenvalue weighted by Crippen LogP contribution is 2.22. The van der Waals surface area contributed by atoms with Crippen LogP contribution in [0.5, 0.6) is 5.75 Å². The van der Waals surface area contributed by atoms with Gasteiger partial charge in [0, 0.05) is 4.47 Å². The molecule has 1 aromatic carbocycles. The van der Waals surface area contributed by atoms with Crippen LogP contribution in [0.1, 0.15) is 22.1 Å². The molecule has 1 aromatic heterocycles. The van der Waals surface area contributed by atoms with Crippen LogP contribution in [0.25, 0.3) is 0 Å². The molecule has 0 aliphatic carbocycles. The van der Waals surface area contributed by atoms with E-state index in [1.54, 1.807) is 13.0 Å². The van der Waals surface area contributed by atoms with Crippen LogP contribution in [-0.2, 0) is 11.3 Å². The van der Waals surface area contributed by atoms with Crippen molar-refractivity contribution in [1.82, 2.24) is 10.1 Å². The van der Waals surface area contributed by atoms with Crippen LogP contribution in [0.4, 0.5) is 0 Å². The number of phenols is 1. The lowest BCUT2D eigenvalue weighted by molar-refractivity contribution is 0.0426. The normalized spacial score (nSPS) is 10.3. The third-order valence-electron chi connectivity index (χ3n) is 2.07. The topological polar surface area (TPSA) is 85.5 Å². The maximum absolute atomic E-state index is 11.7. The Kier molecular flexibility index (Phi) is 3.61. The first-order chi connectivity index (χ1) is 8.56. The number of carbonyl (C=O) groups is 1. The number of ether oxygens (including phenoxy) is 1. The molecule has 0 spiro atoms. The molecule has 0 aliphatic rings. The van der Waals surface area contributed by atoms with Crippen molar-refractivity contribution in [3.63, 3.8) is 0 Å². The number of phenolic OH excluding ortho intramolecular Hbond substituents is 1. The zero-order valence-electron chi connectivity index (χ0n) is 9.38. The van der Waals surface area contributed by atoms with Gasteiger partial charge in [-0.05, 0) is 25.1 Å². The summed E-state index contributed by atoms with van der Waals surface area (Å²) in [4.78, 5) is 15.6. The molecule has 0 saturated heterocycles.